The van der Waals surface area contributed by atoms with E-state index in [9.17, 15) is 0 Å². The predicted molar refractivity (Wildman–Crippen MR) is 121 cm³/mol. The number of rotatable bonds is 10. The van der Waals surface area contributed by atoms with E-state index in [2.05, 4.69) is 27.3 Å². The Morgan fingerprint density at radius 2 is 1.78 bits per heavy atom. The zero-order valence-electron chi connectivity index (χ0n) is 18.3. The molecule has 0 aliphatic rings. The maximum atomic E-state index is 5.96. The fourth-order valence-electron chi connectivity index (χ4n) is 3.09. The number of ether oxygens (including phenoxy) is 2. The third-order valence-corrected chi connectivity index (χ3v) is 5.76. The molecule has 0 aliphatic carbocycles. The summed E-state index contributed by atoms with van der Waals surface area (Å²) in [6.45, 7) is 4.38. The van der Waals surface area contributed by atoms with E-state index in [4.69, 9.17) is 14.0 Å². The molecule has 4 rings (SSSR count). The molecule has 0 radical (unpaired) electrons. The Morgan fingerprint density at radius 3 is 2.50 bits per heavy atom. The average molecular weight is 452 g/mol. The van der Waals surface area contributed by atoms with Crippen LogP contribution in [0.4, 0.5) is 0 Å². The van der Waals surface area contributed by atoms with E-state index in [-0.39, 0.29) is 11.9 Å². The van der Waals surface area contributed by atoms with Crippen molar-refractivity contribution in [2.75, 3.05) is 7.11 Å². The van der Waals surface area contributed by atoms with Crippen LogP contribution >= 0.6 is 11.8 Å². The highest BCUT2D eigenvalue weighted by molar-refractivity contribution is 7.99. The highest BCUT2D eigenvalue weighted by Gasteiger charge is 2.22. The smallest absolute Gasteiger partial charge is 0.239 e. The number of hydrogen-bond acceptors (Lipinski definition) is 8. The van der Waals surface area contributed by atoms with Crippen LogP contribution in [-0.2, 0) is 13.0 Å². The molecule has 4 aromatic rings. The molecule has 0 fully saturated rings. The first-order chi connectivity index (χ1) is 15.7. The molecule has 166 valence electrons. The van der Waals surface area contributed by atoms with E-state index in [1.54, 1.807) is 7.11 Å². The number of nitrogens with zero attached hydrogens (tertiary/aromatic N) is 5. The van der Waals surface area contributed by atoms with E-state index >= 15 is 0 Å². The van der Waals surface area contributed by atoms with Crippen LogP contribution in [0.2, 0.25) is 0 Å². The molecule has 2 heterocycles. The van der Waals surface area contributed by atoms with Crippen LogP contribution in [-0.4, -0.2) is 32.0 Å². The molecule has 0 amide bonds. The second-order valence-electron chi connectivity index (χ2n) is 7.09. The van der Waals surface area contributed by atoms with Gasteiger partial charge in [-0.1, -0.05) is 42.0 Å². The van der Waals surface area contributed by atoms with Crippen molar-refractivity contribution in [2.24, 2.45) is 0 Å². The Morgan fingerprint density at radius 1 is 1.03 bits per heavy atom. The van der Waals surface area contributed by atoms with Crippen molar-refractivity contribution in [2.45, 2.75) is 43.7 Å². The monoisotopic (exact) mass is 451 g/mol. The Balaban J connectivity index is 1.56. The van der Waals surface area contributed by atoms with Crippen LogP contribution in [0.25, 0.3) is 5.69 Å². The van der Waals surface area contributed by atoms with Crippen molar-refractivity contribution in [3.05, 3.63) is 72.1 Å². The van der Waals surface area contributed by atoms with Gasteiger partial charge in [-0.3, -0.25) is 4.57 Å². The second kappa shape index (κ2) is 10.3. The number of aromatic nitrogens is 5. The third kappa shape index (κ3) is 5.11. The number of aryl methyl sites for hydroxylation is 1. The summed E-state index contributed by atoms with van der Waals surface area (Å²) in [4.78, 5) is 4.50. The molecule has 0 aliphatic heterocycles. The summed E-state index contributed by atoms with van der Waals surface area (Å²) >= 11 is 1.52. The van der Waals surface area contributed by atoms with Crippen molar-refractivity contribution in [1.82, 2.24) is 24.9 Å². The molecule has 0 saturated heterocycles. The molecule has 0 saturated carbocycles. The molecule has 32 heavy (non-hydrogen) atoms. The van der Waals surface area contributed by atoms with Gasteiger partial charge in [0, 0.05) is 12.1 Å². The van der Waals surface area contributed by atoms with Crippen LogP contribution in [0.15, 0.2) is 64.3 Å². The van der Waals surface area contributed by atoms with Gasteiger partial charge in [0.15, 0.2) is 16.8 Å². The molecule has 2 aromatic carbocycles. The molecule has 0 N–H and O–H groups in total. The zero-order chi connectivity index (χ0) is 22.3. The van der Waals surface area contributed by atoms with Gasteiger partial charge >= 0.3 is 0 Å². The Kier molecular flexibility index (Phi) is 7.06. The number of methoxy groups -OCH3 is 1. The Labute approximate surface area is 191 Å². The third-order valence-electron chi connectivity index (χ3n) is 4.73. The summed E-state index contributed by atoms with van der Waals surface area (Å²) in [5.41, 5.74) is 0.956. The minimum Gasteiger partial charge on any atom is -0.497 e. The number of benzene rings is 2. The quantitative estimate of drug-likeness (QED) is 0.310. The standard InChI is InChI=1S/C23H25N5O3S/c1-4-8-20-24-22(31-27-20)16(2)32-23-26-25-21(28(23)17-9-6-5-7-10-17)15-30-19-13-11-18(29-3)12-14-19/h5-7,9-14,16H,4,8,15H2,1-3H3/t16-/m1/s1. The number of hydrogen-bond donors (Lipinski definition) is 0. The predicted octanol–water partition coefficient (Wildman–Crippen LogP) is 5.04. The fraction of sp³-hybridized carbons (Fsp3) is 0.304. The van der Waals surface area contributed by atoms with Crippen LogP contribution in [0, 0.1) is 0 Å². The maximum Gasteiger partial charge on any atom is 0.239 e. The number of thioether (sulfide) groups is 1. The molecular weight excluding hydrogens is 426 g/mol. The molecule has 1 atom stereocenters. The summed E-state index contributed by atoms with van der Waals surface area (Å²) in [5, 5.41) is 13.5. The first-order valence-electron chi connectivity index (χ1n) is 10.4. The van der Waals surface area contributed by atoms with Crippen LogP contribution in [0.3, 0.4) is 0 Å². The molecular formula is C23H25N5O3S. The molecule has 0 bridgehead atoms. The van der Waals surface area contributed by atoms with Crippen molar-refractivity contribution in [1.29, 1.82) is 0 Å². The second-order valence-corrected chi connectivity index (χ2v) is 8.40. The molecule has 9 heteroatoms. The zero-order valence-corrected chi connectivity index (χ0v) is 19.1. The fourth-order valence-corrected chi connectivity index (χ4v) is 4.01. The lowest BCUT2D eigenvalue weighted by atomic mass is 10.3. The lowest BCUT2D eigenvalue weighted by molar-refractivity contribution is 0.292. The van der Waals surface area contributed by atoms with E-state index in [1.807, 2.05) is 66.1 Å². The Hall–Kier alpha value is -3.33. The van der Waals surface area contributed by atoms with Gasteiger partial charge < -0.3 is 14.0 Å². The minimum atomic E-state index is -0.0740. The summed E-state index contributed by atoms with van der Waals surface area (Å²) in [6.07, 6.45) is 1.77. The van der Waals surface area contributed by atoms with Crippen LogP contribution < -0.4 is 9.47 Å². The van der Waals surface area contributed by atoms with Gasteiger partial charge in [0.1, 0.15) is 18.1 Å². The van der Waals surface area contributed by atoms with Crippen LogP contribution in [0.5, 0.6) is 11.5 Å². The topological polar surface area (TPSA) is 88.1 Å². The van der Waals surface area contributed by atoms with Gasteiger partial charge in [0.2, 0.25) is 5.89 Å². The molecule has 0 unspecified atom stereocenters. The summed E-state index contributed by atoms with van der Waals surface area (Å²) in [7, 11) is 1.64. The largest absolute Gasteiger partial charge is 0.497 e. The first-order valence-corrected chi connectivity index (χ1v) is 11.3. The van der Waals surface area contributed by atoms with Crippen molar-refractivity contribution in [3.63, 3.8) is 0 Å². The molecule has 0 spiro atoms. The van der Waals surface area contributed by atoms with E-state index in [1.165, 1.54) is 11.8 Å². The van der Waals surface area contributed by atoms with E-state index < -0.39 is 0 Å². The van der Waals surface area contributed by atoms with Gasteiger partial charge in [-0.2, -0.15) is 4.98 Å². The van der Waals surface area contributed by atoms with Crippen LogP contribution in [0.1, 0.15) is 43.1 Å². The van der Waals surface area contributed by atoms with Gasteiger partial charge in [-0.05, 0) is 49.7 Å². The lowest BCUT2D eigenvalue weighted by Crippen LogP contribution is -2.07. The molecule has 2 aromatic heterocycles. The lowest BCUT2D eigenvalue weighted by Gasteiger charge is -2.12. The van der Waals surface area contributed by atoms with E-state index in [0.717, 1.165) is 41.0 Å². The van der Waals surface area contributed by atoms with Gasteiger partial charge in [-0.15, -0.1) is 10.2 Å². The Bertz CT molecular complexity index is 1130. The summed E-state index contributed by atoms with van der Waals surface area (Å²) in [5.74, 6) is 3.51. The van der Waals surface area contributed by atoms with Crippen molar-refractivity contribution < 1.29 is 14.0 Å². The summed E-state index contributed by atoms with van der Waals surface area (Å²) in [6, 6.07) is 17.4. The first kappa shape index (κ1) is 21.9. The van der Waals surface area contributed by atoms with Gasteiger partial charge in [-0.25, -0.2) is 0 Å². The highest BCUT2D eigenvalue weighted by atomic mass is 32.2. The van der Waals surface area contributed by atoms with E-state index in [0.29, 0.717) is 11.7 Å². The average Bonchev–Trinajstić information content (AvgIpc) is 3.46. The SMILES string of the molecule is CCCc1noc([C@@H](C)Sc2nnc(COc3ccc(OC)cc3)n2-c2ccccc2)n1. The van der Waals surface area contributed by atoms with Crippen molar-refractivity contribution in [3.8, 4) is 17.2 Å². The highest BCUT2D eigenvalue weighted by Crippen LogP contribution is 2.34. The van der Waals surface area contributed by atoms with Gasteiger partial charge in [0.05, 0.1) is 12.4 Å². The normalized spacial score (nSPS) is 12.0. The minimum absolute atomic E-state index is 0.0740. The van der Waals surface area contributed by atoms with Crippen molar-refractivity contribution >= 4 is 11.8 Å². The maximum absolute atomic E-state index is 5.96. The summed E-state index contributed by atoms with van der Waals surface area (Å²) < 4.78 is 18.6. The molecule has 8 nitrogen and oxygen atoms in total. The number of para-hydroxylation sites is 1. The van der Waals surface area contributed by atoms with Gasteiger partial charge in [0.25, 0.3) is 0 Å².